The van der Waals surface area contributed by atoms with E-state index in [-0.39, 0.29) is 0 Å². The number of aromatic nitrogens is 2. The van der Waals surface area contributed by atoms with Gasteiger partial charge in [0.15, 0.2) is 0 Å². The molecule has 1 heterocycles. The molecule has 0 unspecified atom stereocenters. The molecule has 25 heavy (non-hydrogen) atoms. The number of rotatable bonds is 8. The molecule has 3 heteroatoms. The van der Waals surface area contributed by atoms with Crippen molar-refractivity contribution in [1.29, 1.82) is 0 Å². The minimum Gasteiger partial charge on any atom is -0.144 e. The average Bonchev–Trinajstić information content (AvgIpc) is 3.09. The van der Waals surface area contributed by atoms with E-state index >= 15 is 0 Å². The molecule has 1 aliphatic rings. The second kappa shape index (κ2) is 9.47. The van der Waals surface area contributed by atoms with Crippen molar-refractivity contribution >= 4 is 11.3 Å². The standard InChI is InChI=1S/C22H32N2S/c1-3-5-17-7-12-19(13-8-17)20-14-9-18(10-15-20)11-16-22-24-23-21(25-22)6-4-2/h9-10,14-15,17,19H,3-8,11-13,16H2,1-2H3. The zero-order valence-corrected chi connectivity index (χ0v) is 16.7. The van der Waals surface area contributed by atoms with Gasteiger partial charge < -0.3 is 0 Å². The van der Waals surface area contributed by atoms with Crippen LogP contribution in [0.15, 0.2) is 24.3 Å². The Morgan fingerprint density at radius 2 is 1.52 bits per heavy atom. The molecule has 1 aromatic carbocycles. The lowest BCUT2D eigenvalue weighted by Gasteiger charge is -2.28. The third kappa shape index (κ3) is 5.37. The number of hydrogen-bond donors (Lipinski definition) is 0. The molecule has 1 fully saturated rings. The second-order valence-corrected chi connectivity index (χ2v) is 8.73. The fraction of sp³-hybridized carbons (Fsp3) is 0.636. The molecule has 0 bridgehead atoms. The van der Waals surface area contributed by atoms with Crippen LogP contribution in [0.4, 0.5) is 0 Å². The lowest BCUT2D eigenvalue weighted by Crippen LogP contribution is -2.13. The van der Waals surface area contributed by atoms with E-state index in [1.165, 1.54) is 54.1 Å². The summed E-state index contributed by atoms with van der Waals surface area (Å²) < 4.78 is 0. The van der Waals surface area contributed by atoms with Crippen LogP contribution in [0, 0.1) is 5.92 Å². The molecule has 1 aromatic heterocycles. The lowest BCUT2D eigenvalue weighted by molar-refractivity contribution is 0.308. The fourth-order valence-electron chi connectivity index (χ4n) is 4.10. The molecule has 1 saturated carbocycles. The van der Waals surface area contributed by atoms with Gasteiger partial charge in [0.05, 0.1) is 0 Å². The maximum absolute atomic E-state index is 4.33. The molecule has 3 rings (SSSR count). The Balaban J connectivity index is 1.48. The highest BCUT2D eigenvalue weighted by molar-refractivity contribution is 7.11. The monoisotopic (exact) mass is 356 g/mol. The molecule has 0 spiro atoms. The van der Waals surface area contributed by atoms with Crippen molar-refractivity contribution in [3.8, 4) is 0 Å². The predicted octanol–water partition coefficient (Wildman–Crippen LogP) is 6.35. The lowest BCUT2D eigenvalue weighted by atomic mass is 9.77. The van der Waals surface area contributed by atoms with Gasteiger partial charge in [-0.1, -0.05) is 51.0 Å². The summed E-state index contributed by atoms with van der Waals surface area (Å²) in [4.78, 5) is 0. The maximum Gasteiger partial charge on any atom is 0.117 e. The molecule has 0 aliphatic heterocycles. The van der Waals surface area contributed by atoms with Gasteiger partial charge in [-0.15, -0.1) is 21.5 Å². The number of benzene rings is 1. The Morgan fingerprint density at radius 3 is 2.16 bits per heavy atom. The van der Waals surface area contributed by atoms with Gasteiger partial charge in [-0.05, 0) is 61.5 Å². The summed E-state index contributed by atoms with van der Waals surface area (Å²) in [5.74, 6) is 1.78. The summed E-state index contributed by atoms with van der Waals surface area (Å²) in [7, 11) is 0. The van der Waals surface area contributed by atoms with Crippen molar-refractivity contribution in [2.75, 3.05) is 0 Å². The van der Waals surface area contributed by atoms with Crippen LogP contribution >= 0.6 is 11.3 Å². The highest BCUT2D eigenvalue weighted by Gasteiger charge is 2.21. The van der Waals surface area contributed by atoms with Gasteiger partial charge in [0.25, 0.3) is 0 Å². The van der Waals surface area contributed by atoms with Gasteiger partial charge in [-0.25, -0.2) is 0 Å². The first kappa shape index (κ1) is 18.6. The minimum absolute atomic E-state index is 0.793. The van der Waals surface area contributed by atoms with Crippen LogP contribution in [0.3, 0.4) is 0 Å². The van der Waals surface area contributed by atoms with E-state index in [9.17, 15) is 0 Å². The average molecular weight is 357 g/mol. The van der Waals surface area contributed by atoms with Gasteiger partial charge >= 0.3 is 0 Å². The Bertz CT molecular complexity index is 624. The van der Waals surface area contributed by atoms with Crippen molar-refractivity contribution in [3.63, 3.8) is 0 Å². The minimum atomic E-state index is 0.793. The normalized spacial score (nSPS) is 20.7. The van der Waals surface area contributed by atoms with Gasteiger partial charge in [0, 0.05) is 12.8 Å². The van der Waals surface area contributed by atoms with Crippen LogP contribution in [0.25, 0.3) is 0 Å². The van der Waals surface area contributed by atoms with Crippen molar-refractivity contribution in [2.45, 2.75) is 84.0 Å². The molecule has 2 aromatic rings. The Hall–Kier alpha value is -1.22. The van der Waals surface area contributed by atoms with Crippen LogP contribution in [0.1, 0.15) is 85.9 Å². The molecule has 0 N–H and O–H groups in total. The van der Waals surface area contributed by atoms with Crippen LogP contribution in [-0.4, -0.2) is 10.2 Å². The summed E-state index contributed by atoms with van der Waals surface area (Å²) in [6, 6.07) is 9.43. The van der Waals surface area contributed by atoms with Crippen molar-refractivity contribution in [3.05, 3.63) is 45.4 Å². The number of hydrogen-bond acceptors (Lipinski definition) is 3. The Labute approximate surface area is 157 Å². The zero-order valence-electron chi connectivity index (χ0n) is 15.8. The van der Waals surface area contributed by atoms with Crippen molar-refractivity contribution in [2.24, 2.45) is 5.92 Å². The first-order chi connectivity index (χ1) is 12.3. The topological polar surface area (TPSA) is 25.8 Å². The van der Waals surface area contributed by atoms with Gasteiger partial charge in [0.1, 0.15) is 10.0 Å². The van der Waals surface area contributed by atoms with E-state index in [4.69, 9.17) is 0 Å². The maximum atomic E-state index is 4.33. The number of nitrogens with zero attached hydrogens (tertiary/aromatic N) is 2. The fourth-order valence-corrected chi connectivity index (χ4v) is 5.05. The quantitative estimate of drug-likeness (QED) is 0.551. The highest BCUT2D eigenvalue weighted by atomic mass is 32.1. The molecule has 0 radical (unpaired) electrons. The van der Waals surface area contributed by atoms with Gasteiger partial charge in [-0.3, -0.25) is 0 Å². The molecule has 0 saturated heterocycles. The molecule has 136 valence electrons. The molecule has 1 aliphatic carbocycles. The van der Waals surface area contributed by atoms with E-state index in [2.05, 4.69) is 48.3 Å². The van der Waals surface area contributed by atoms with E-state index in [1.807, 2.05) is 0 Å². The highest BCUT2D eigenvalue weighted by Crippen LogP contribution is 2.37. The number of aryl methyl sites for hydroxylation is 3. The summed E-state index contributed by atoms with van der Waals surface area (Å²) in [5, 5.41) is 11.0. The largest absolute Gasteiger partial charge is 0.144 e. The first-order valence-corrected chi connectivity index (χ1v) is 11.0. The van der Waals surface area contributed by atoms with E-state index in [0.29, 0.717) is 0 Å². The van der Waals surface area contributed by atoms with Gasteiger partial charge in [0.2, 0.25) is 0 Å². The smallest absolute Gasteiger partial charge is 0.117 e. The van der Waals surface area contributed by atoms with E-state index in [0.717, 1.165) is 37.5 Å². The van der Waals surface area contributed by atoms with Crippen LogP contribution in [-0.2, 0) is 19.3 Å². The molecule has 2 nitrogen and oxygen atoms in total. The van der Waals surface area contributed by atoms with Crippen LogP contribution < -0.4 is 0 Å². The zero-order chi connectivity index (χ0) is 17.5. The van der Waals surface area contributed by atoms with E-state index < -0.39 is 0 Å². The Kier molecular flexibility index (Phi) is 7.03. The SMILES string of the molecule is CCCc1nnc(CCc2ccc(C3CCC(CCC)CC3)cc2)s1. The van der Waals surface area contributed by atoms with Crippen molar-refractivity contribution < 1.29 is 0 Å². The summed E-state index contributed by atoms with van der Waals surface area (Å²) in [6.07, 6.45) is 12.7. The van der Waals surface area contributed by atoms with E-state index in [1.54, 1.807) is 16.9 Å². The van der Waals surface area contributed by atoms with Crippen LogP contribution in [0.5, 0.6) is 0 Å². The summed E-state index contributed by atoms with van der Waals surface area (Å²) in [6.45, 7) is 4.51. The third-order valence-electron chi connectivity index (χ3n) is 5.59. The summed E-state index contributed by atoms with van der Waals surface area (Å²) >= 11 is 1.78. The third-order valence-corrected chi connectivity index (χ3v) is 6.64. The first-order valence-electron chi connectivity index (χ1n) is 10.2. The van der Waals surface area contributed by atoms with Gasteiger partial charge in [-0.2, -0.15) is 0 Å². The molecule has 0 atom stereocenters. The Morgan fingerprint density at radius 1 is 0.840 bits per heavy atom. The van der Waals surface area contributed by atoms with Crippen LogP contribution in [0.2, 0.25) is 0 Å². The van der Waals surface area contributed by atoms with Crippen molar-refractivity contribution in [1.82, 2.24) is 10.2 Å². The predicted molar refractivity (Wildman–Crippen MR) is 107 cm³/mol. The molecular weight excluding hydrogens is 324 g/mol. The summed E-state index contributed by atoms with van der Waals surface area (Å²) in [5.41, 5.74) is 2.98. The second-order valence-electron chi connectivity index (χ2n) is 7.59. The molecule has 0 amide bonds. The molecular formula is C22H32N2S.